The number of anilines is 2. The first-order chi connectivity index (χ1) is 14.0. The summed E-state index contributed by atoms with van der Waals surface area (Å²) < 4.78 is 36.3. The van der Waals surface area contributed by atoms with Crippen molar-refractivity contribution in [2.75, 3.05) is 36.6 Å². The van der Waals surface area contributed by atoms with Gasteiger partial charge in [-0.3, -0.25) is 9.10 Å². The van der Waals surface area contributed by atoms with E-state index in [4.69, 9.17) is 21.1 Å². The molecule has 1 amide bonds. The lowest BCUT2D eigenvalue weighted by molar-refractivity contribution is -0.116. The lowest BCUT2D eigenvalue weighted by Crippen LogP contribution is -2.31. The standard InChI is InChI=1S/C21H27ClN2O5S/c1-14-9-15(2)11-16(10-14)24(30(5,26)27)8-6-7-21(25)23-18-13-19(28-3)17(22)12-20(18)29-4/h9-13H,6-8H2,1-5H3,(H,23,25). The maximum Gasteiger partial charge on any atom is 0.232 e. The van der Waals surface area contributed by atoms with Gasteiger partial charge in [0.2, 0.25) is 15.9 Å². The number of methoxy groups -OCH3 is 2. The Kier molecular flexibility index (Phi) is 7.97. The minimum atomic E-state index is -3.48. The normalized spacial score (nSPS) is 11.1. The molecule has 0 heterocycles. The van der Waals surface area contributed by atoms with Gasteiger partial charge in [-0.1, -0.05) is 17.7 Å². The molecule has 0 radical (unpaired) electrons. The van der Waals surface area contributed by atoms with E-state index in [1.807, 2.05) is 32.0 Å². The second kappa shape index (κ2) is 10.0. The monoisotopic (exact) mass is 454 g/mol. The number of carbonyl (C=O) groups excluding carboxylic acids is 1. The molecule has 7 nitrogen and oxygen atoms in total. The quantitative estimate of drug-likeness (QED) is 0.615. The zero-order chi connectivity index (χ0) is 22.5. The highest BCUT2D eigenvalue weighted by Crippen LogP contribution is 2.36. The number of hydrogen-bond donors (Lipinski definition) is 1. The Hall–Kier alpha value is -2.45. The van der Waals surface area contributed by atoms with Gasteiger partial charge in [0.05, 0.1) is 36.9 Å². The van der Waals surface area contributed by atoms with Crippen LogP contribution in [-0.4, -0.2) is 41.3 Å². The first-order valence-corrected chi connectivity index (χ1v) is 11.5. The summed E-state index contributed by atoms with van der Waals surface area (Å²) >= 11 is 6.08. The van der Waals surface area contributed by atoms with E-state index in [-0.39, 0.29) is 18.9 Å². The molecule has 2 aromatic carbocycles. The van der Waals surface area contributed by atoms with Gasteiger partial charge in [-0.05, 0) is 43.5 Å². The molecule has 1 N–H and O–H groups in total. The van der Waals surface area contributed by atoms with Crippen LogP contribution in [-0.2, 0) is 14.8 Å². The molecule has 2 aromatic rings. The van der Waals surface area contributed by atoms with Crippen LogP contribution in [0, 0.1) is 13.8 Å². The van der Waals surface area contributed by atoms with Crippen LogP contribution in [0.25, 0.3) is 0 Å². The van der Waals surface area contributed by atoms with E-state index in [2.05, 4.69) is 5.32 Å². The van der Waals surface area contributed by atoms with Crippen LogP contribution in [0.2, 0.25) is 5.02 Å². The number of aryl methyl sites for hydroxylation is 2. The largest absolute Gasteiger partial charge is 0.495 e. The summed E-state index contributed by atoms with van der Waals surface area (Å²) in [6.45, 7) is 4.02. The van der Waals surface area contributed by atoms with Crippen molar-refractivity contribution in [1.82, 2.24) is 0 Å². The van der Waals surface area contributed by atoms with Crippen molar-refractivity contribution >= 4 is 38.9 Å². The van der Waals surface area contributed by atoms with Crippen LogP contribution in [0.1, 0.15) is 24.0 Å². The summed E-state index contributed by atoms with van der Waals surface area (Å²) in [5.41, 5.74) is 2.97. The highest BCUT2D eigenvalue weighted by Gasteiger charge is 2.19. The van der Waals surface area contributed by atoms with Crippen molar-refractivity contribution in [2.45, 2.75) is 26.7 Å². The molecular weight excluding hydrogens is 428 g/mol. The van der Waals surface area contributed by atoms with Gasteiger partial charge in [0, 0.05) is 25.1 Å². The minimum Gasteiger partial charge on any atom is -0.495 e. The smallest absolute Gasteiger partial charge is 0.232 e. The Balaban J connectivity index is 2.08. The third-order valence-electron chi connectivity index (χ3n) is 4.41. The number of halogens is 1. The Morgan fingerprint density at radius 1 is 1.03 bits per heavy atom. The molecule has 0 saturated carbocycles. The van der Waals surface area contributed by atoms with E-state index in [9.17, 15) is 13.2 Å². The van der Waals surface area contributed by atoms with E-state index in [1.165, 1.54) is 18.5 Å². The maximum atomic E-state index is 12.4. The van der Waals surface area contributed by atoms with Crippen LogP contribution >= 0.6 is 11.6 Å². The zero-order valence-corrected chi connectivity index (χ0v) is 19.4. The number of nitrogens with one attached hydrogen (secondary N) is 1. The highest BCUT2D eigenvalue weighted by molar-refractivity contribution is 7.92. The number of amides is 1. The van der Waals surface area contributed by atoms with Gasteiger partial charge in [-0.2, -0.15) is 0 Å². The number of hydrogen-bond acceptors (Lipinski definition) is 5. The molecule has 0 aliphatic rings. The van der Waals surface area contributed by atoms with Crippen molar-refractivity contribution in [2.24, 2.45) is 0 Å². The number of sulfonamides is 1. The predicted molar refractivity (Wildman–Crippen MR) is 121 cm³/mol. The average molecular weight is 455 g/mol. The maximum absolute atomic E-state index is 12.4. The van der Waals surface area contributed by atoms with Gasteiger partial charge in [-0.25, -0.2) is 8.42 Å². The average Bonchev–Trinajstić information content (AvgIpc) is 2.64. The Bertz CT molecular complexity index is 1000. The fourth-order valence-electron chi connectivity index (χ4n) is 3.14. The van der Waals surface area contributed by atoms with Crippen LogP contribution in [0.3, 0.4) is 0 Å². The summed E-state index contributed by atoms with van der Waals surface area (Å²) in [5.74, 6) is 0.541. The van der Waals surface area contributed by atoms with Gasteiger partial charge >= 0.3 is 0 Å². The molecule has 0 spiro atoms. The van der Waals surface area contributed by atoms with Gasteiger partial charge in [-0.15, -0.1) is 0 Å². The highest BCUT2D eigenvalue weighted by atomic mass is 35.5. The SMILES string of the molecule is COc1cc(NC(=O)CCCN(c2cc(C)cc(C)c2)S(C)(=O)=O)c(OC)cc1Cl. The first-order valence-electron chi connectivity index (χ1n) is 9.32. The Labute approximate surface area is 183 Å². The molecule has 0 bridgehead atoms. The fraction of sp³-hybridized carbons (Fsp3) is 0.381. The van der Waals surface area contributed by atoms with Crippen molar-refractivity contribution in [1.29, 1.82) is 0 Å². The molecule has 0 atom stereocenters. The number of benzene rings is 2. The van der Waals surface area contributed by atoms with Gasteiger partial charge in [0.1, 0.15) is 11.5 Å². The number of carbonyl (C=O) groups is 1. The minimum absolute atomic E-state index is 0.130. The lowest BCUT2D eigenvalue weighted by Gasteiger charge is -2.23. The summed E-state index contributed by atoms with van der Waals surface area (Å²) in [7, 11) is -0.530. The van der Waals surface area contributed by atoms with Crippen molar-refractivity contribution < 1.29 is 22.7 Å². The van der Waals surface area contributed by atoms with E-state index >= 15 is 0 Å². The summed E-state index contributed by atoms with van der Waals surface area (Å²) in [4.78, 5) is 12.4. The number of nitrogens with zero attached hydrogens (tertiary/aromatic N) is 1. The molecule has 164 valence electrons. The van der Waals surface area contributed by atoms with Crippen molar-refractivity contribution in [3.8, 4) is 11.5 Å². The fourth-order valence-corrected chi connectivity index (χ4v) is 4.32. The van der Waals surface area contributed by atoms with Crippen LogP contribution in [0.5, 0.6) is 11.5 Å². The molecular formula is C21H27ClN2O5S. The van der Waals surface area contributed by atoms with E-state index < -0.39 is 10.0 Å². The number of rotatable bonds is 9. The van der Waals surface area contributed by atoms with Gasteiger partial charge in [0.15, 0.2) is 0 Å². The van der Waals surface area contributed by atoms with Crippen molar-refractivity contribution in [3.05, 3.63) is 46.5 Å². The molecule has 9 heteroatoms. The van der Waals surface area contributed by atoms with Crippen LogP contribution in [0.15, 0.2) is 30.3 Å². The van der Waals surface area contributed by atoms with Gasteiger partial charge < -0.3 is 14.8 Å². The topological polar surface area (TPSA) is 84.9 Å². The summed E-state index contributed by atoms with van der Waals surface area (Å²) in [6, 6.07) is 8.75. The van der Waals surface area contributed by atoms with Crippen LogP contribution in [0.4, 0.5) is 11.4 Å². The molecule has 30 heavy (non-hydrogen) atoms. The lowest BCUT2D eigenvalue weighted by atomic mass is 10.1. The Morgan fingerprint density at radius 3 is 2.17 bits per heavy atom. The molecule has 0 aliphatic heterocycles. The molecule has 2 rings (SSSR count). The third kappa shape index (κ3) is 6.27. The van der Waals surface area contributed by atoms with E-state index in [0.717, 1.165) is 17.4 Å². The van der Waals surface area contributed by atoms with Crippen LogP contribution < -0.4 is 19.1 Å². The second-order valence-electron chi connectivity index (χ2n) is 7.02. The van der Waals surface area contributed by atoms with E-state index in [1.54, 1.807) is 12.1 Å². The molecule has 0 saturated heterocycles. The Morgan fingerprint density at radius 2 is 1.63 bits per heavy atom. The van der Waals surface area contributed by atoms with Crippen molar-refractivity contribution in [3.63, 3.8) is 0 Å². The molecule has 0 fully saturated rings. The third-order valence-corrected chi connectivity index (χ3v) is 5.90. The predicted octanol–water partition coefficient (Wildman–Crippen LogP) is 4.16. The van der Waals surface area contributed by atoms with E-state index in [0.29, 0.717) is 34.3 Å². The first kappa shape index (κ1) is 23.8. The summed E-state index contributed by atoms with van der Waals surface area (Å²) in [6.07, 6.45) is 1.64. The molecule has 0 unspecified atom stereocenters. The number of ether oxygens (including phenoxy) is 2. The van der Waals surface area contributed by atoms with Gasteiger partial charge in [0.25, 0.3) is 0 Å². The molecule has 0 aromatic heterocycles. The molecule has 0 aliphatic carbocycles. The zero-order valence-electron chi connectivity index (χ0n) is 17.8. The second-order valence-corrected chi connectivity index (χ2v) is 9.33. The summed E-state index contributed by atoms with van der Waals surface area (Å²) in [5, 5.41) is 3.13.